The summed E-state index contributed by atoms with van der Waals surface area (Å²) in [5.41, 5.74) is 0.913. The van der Waals surface area contributed by atoms with Crippen LogP contribution in [0.3, 0.4) is 0 Å². The van der Waals surface area contributed by atoms with Gasteiger partial charge in [0.25, 0.3) is 0 Å². The van der Waals surface area contributed by atoms with E-state index in [1.54, 1.807) is 31.4 Å². The Bertz CT molecular complexity index is 293. The maximum atomic E-state index is 12.7. The minimum atomic E-state index is -0.398. The van der Waals surface area contributed by atoms with Crippen molar-refractivity contribution in [3.63, 3.8) is 0 Å². The van der Waals surface area contributed by atoms with Gasteiger partial charge in [0.05, 0.1) is 12.1 Å². The zero-order chi connectivity index (χ0) is 9.84. The zero-order valence-electron chi connectivity index (χ0n) is 7.55. The van der Waals surface area contributed by atoms with Gasteiger partial charge >= 0.3 is 0 Å². The van der Waals surface area contributed by atoms with Crippen molar-refractivity contribution in [2.45, 2.75) is 6.54 Å². The minimum Gasteiger partial charge on any atom is -0.302 e. The Balaban J connectivity index is 2.73. The Labute approximate surface area is 81.8 Å². The molecule has 1 aromatic carbocycles. The highest BCUT2D eigenvalue weighted by molar-refractivity contribution is 6.30. The molecule has 0 bridgehead atoms. The first-order valence-electron chi connectivity index (χ1n) is 3.82. The van der Waals surface area contributed by atoms with Crippen LogP contribution in [-0.4, -0.2) is 19.2 Å². The second-order valence-corrected chi connectivity index (χ2v) is 3.12. The van der Waals surface area contributed by atoms with Crippen LogP contribution < -0.4 is 0 Å². The Morgan fingerprint density at radius 2 is 2.23 bits per heavy atom. The van der Waals surface area contributed by atoms with E-state index in [2.05, 4.69) is 0 Å². The van der Waals surface area contributed by atoms with E-state index in [1.807, 2.05) is 0 Å². The SMILES string of the molecule is CON(C)Cc1ccc(F)c(Cl)c1. The van der Waals surface area contributed by atoms with Crippen LogP contribution in [-0.2, 0) is 11.4 Å². The van der Waals surface area contributed by atoms with Crippen molar-refractivity contribution in [1.82, 2.24) is 5.06 Å². The zero-order valence-corrected chi connectivity index (χ0v) is 8.31. The van der Waals surface area contributed by atoms with Crippen molar-refractivity contribution < 1.29 is 9.23 Å². The van der Waals surface area contributed by atoms with Crippen molar-refractivity contribution in [3.8, 4) is 0 Å². The van der Waals surface area contributed by atoms with E-state index in [4.69, 9.17) is 16.4 Å². The number of hydroxylamine groups is 2. The fraction of sp³-hybridized carbons (Fsp3) is 0.333. The molecular weight excluding hydrogens is 193 g/mol. The average molecular weight is 204 g/mol. The Hall–Kier alpha value is -0.640. The van der Waals surface area contributed by atoms with Crippen LogP contribution in [0.25, 0.3) is 0 Å². The Kier molecular flexibility index (Phi) is 3.66. The minimum absolute atomic E-state index is 0.141. The molecule has 0 aliphatic carbocycles. The van der Waals surface area contributed by atoms with Crippen molar-refractivity contribution >= 4 is 11.6 Å². The van der Waals surface area contributed by atoms with Gasteiger partial charge in [-0.25, -0.2) is 4.39 Å². The van der Waals surface area contributed by atoms with E-state index in [0.717, 1.165) is 5.56 Å². The molecule has 0 aliphatic heterocycles. The van der Waals surface area contributed by atoms with Gasteiger partial charge in [-0.05, 0) is 17.7 Å². The molecule has 0 amide bonds. The van der Waals surface area contributed by atoms with Gasteiger partial charge in [0.15, 0.2) is 0 Å². The summed E-state index contributed by atoms with van der Waals surface area (Å²) in [5.74, 6) is -0.398. The summed E-state index contributed by atoms with van der Waals surface area (Å²) in [7, 11) is 3.36. The van der Waals surface area contributed by atoms with Gasteiger partial charge in [-0.1, -0.05) is 17.7 Å². The quantitative estimate of drug-likeness (QED) is 0.700. The third-order valence-electron chi connectivity index (χ3n) is 1.70. The molecule has 0 heterocycles. The molecule has 0 saturated carbocycles. The molecule has 0 aliphatic rings. The standard InChI is InChI=1S/C9H11ClFNO/c1-12(13-2)6-7-3-4-9(11)8(10)5-7/h3-5H,6H2,1-2H3. The number of nitrogens with zero attached hydrogens (tertiary/aromatic N) is 1. The van der Waals surface area contributed by atoms with Crippen LogP contribution >= 0.6 is 11.6 Å². The van der Waals surface area contributed by atoms with Gasteiger partial charge in [0, 0.05) is 13.6 Å². The molecule has 0 atom stereocenters. The molecule has 4 heteroatoms. The number of hydrogen-bond donors (Lipinski definition) is 0. The molecule has 0 saturated heterocycles. The maximum Gasteiger partial charge on any atom is 0.141 e. The van der Waals surface area contributed by atoms with Crippen LogP contribution in [0.15, 0.2) is 18.2 Å². The largest absolute Gasteiger partial charge is 0.302 e. The fourth-order valence-corrected chi connectivity index (χ4v) is 1.16. The second kappa shape index (κ2) is 4.56. The summed E-state index contributed by atoms with van der Waals surface area (Å²) in [4.78, 5) is 4.92. The maximum absolute atomic E-state index is 12.7. The lowest BCUT2D eigenvalue weighted by molar-refractivity contribution is -0.116. The molecule has 0 N–H and O–H groups in total. The molecular formula is C9H11ClFNO. The second-order valence-electron chi connectivity index (χ2n) is 2.72. The molecule has 1 rings (SSSR count). The van der Waals surface area contributed by atoms with Gasteiger partial charge in [0.2, 0.25) is 0 Å². The summed E-state index contributed by atoms with van der Waals surface area (Å²) >= 11 is 5.61. The monoisotopic (exact) mass is 203 g/mol. The Morgan fingerprint density at radius 3 is 2.77 bits per heavy atom. The van der Waals surface area contributed by atoms with E-state index in [1.165, 1.54) is 6.07 Å². The molecule has 2 nitrogen and oxygen atoms in total. The van der Waals surface area contributed by atoms with Gasteiger partial charge in [-0.3, -0.25) is 0 Å². The number of benzene rings is 1. The highest BCUT2D eigenvalue weighted by Crippen LogP contribution is 2.16. The molecule has 0 unspecified atom stereocenters. The highest BCUT2D eigenvalue weighted by atomic mass is 35.5. The predicted molar refractivity (Wildman–Crippen MR) is 49.9 cm³/mol. The average Bonchev–Trinajstić information content (AvgIpc) is 2.11. The molecule has 0 spiro atoms. The van der Waals surface area contributed by atoms with E-state index >= 15 is 0 Å². The van der Waals surface area contributed by atoms with Gasteiger partial charge in [0.1, 0.15) is 5.82 Å². The lowest BCUT2D eigenvalue weighted by Crippen LogP contribution is -2.15. The lowest BCUT2D eigenvalue weighted by Gasteiger charge is -2.13. The van der Waals surface area contributed by atoms with Gasteiger partial charge in [-0.2, -0.15) is 5.06 Å². The third kappa shape index (κ3) is 2.95. The molecule has 72 valence electrons. The van der Waals surface area contributed by atoms with Crippen LogP contribution in [0, 0.1) is 5.82 Å². The van der Waals surface area contributed by atoms with Gasteiger partial charge in [-0.15, -0.1) is 0 Å². The highest BCUT2D eigenvalue weighted by Gasteiger charge is 2.02. The van der Waals surface area contributed by atoms with Crippen molar-refractivity contribution in [2.24, 2.45) is 0 Å². The predicted octanol–water partition coefficient (Wildman–Crippen LogP) is 2.47. The lowest BCUT2D eigenvalue weighted by atomic mass is 10.2. The summed E-state index contributed by atoms with van der Waals surface area (Å²) < 4.78 is 12.7. The summed E-state index contributed by atoms with van der Waals surface area (Å²) in [5, 5.41) is 1.77. The van der Waals surface area contributed by atoms with E-state index in [0.29, 0.717) is 6.54 Å². The number of halogens is 2. The molecule has 13 heavy (non-hydrogen) atoms. The number of rotatable bonds is 3. The normalized spacial score (nSPS) is 10.8. The first-order valence-corrected chi connectivity index (χ1v) is 4.20. The van der Waals surface area contributed by atoms with E-state index in [9.17, 15) is 4.39 Å². The smallest absolute Gasteiger partial charge is 0.141 e. The summed E-state index contributed by atoms with van der Waals surface area (Å²) in [6.07, 6.45) is 0. The summed E-state index contributed by atoms with van der Waals surface area (Å²) in [6, 6.07) is 4.62. The van der Waals surface area contributed by atoms with E-state index in [-0.39, 0.29) is 5.02 Å². The Morgan fingerprint density at radius 1 is 1.54 bits per heavy atom. The van der Waals surface area contributed by atoms with Crippen LogP contribution in [0.2, 0.25) is 5.02 Å². The first-order chi connectivity index (χ1) is 6.13. The summed E-state index contributed by atoms with van der Waals surface area (Å²) in [6.45, 7) is 0.580. The molecule has 0 fully saturated rings. The van der Waals surface area contributed by atoms with Crippen LogP contribution in [0.1, 0.15) is 5.56 Å². The topological polar surface area (TPSA) is 12.5 Å². The molecule has 0 aromatic heterocycles. The molecule has 1 aromatic rings. The van der Waals surface area contributed by atoms with Crippen LogP contribution in [0.5, 0.6) is 0 Å². The van der Waals surface area contributed by atoms with Crippen molar-refractivity contribution in [1.29, 1.82) is 0 Å². The van der Waals surface area contributed by atoms with Gasteiger partial charge < -0.3 is 4.84 Å². The molecule has 0 radical (unpaired) electrons. The fourth-order valence-electron chi connectivity index (χ4n) is 0.960. The number of hydrogen-bond acceptors (Lipinski definition) is 2. The third-order valence-corrected chi connectivity index (χ3v) is 1.99. The van der Waals surface area contributed by atoms with E-state index < -0.39 is 5.82 Å². The van der Waals surface area contributed by atoms with Crippen molar-refractivity contribution in [3.05, 3.63) is 34.6 Å². The van der Waals surface area contributed by atoms with Crippen LogP contribution in [0.4, 0.5) is 4.39 Å². The first kappa shape index (κ1) is 10.4. The van der Waals surface area contributed by atoms with Crippen molar-refractivity contribution in [2.75, 3.05) is 14.2 Å².